The van der Waals surface area contributed by atoms with Crippen molar-refractivity contribution >= 4 is 5.91 Å². The predicted octanol–water partition coefficient (Wildman–Crippen LogP) is 3.50. The van der Waals surface area contributed by atoms with Gasteiger partial charge in [-0.3, -0.25) is 9.69 Å². The molecule has 1 N–H and O–H groups in total. The minimum absolute atomic E-state index is 0.211. The van der Waals surface area contributed by atoms with Crippen LogP contribution in [0, 0.1) is 13.8 Å². The second-order valence-electron chi connectivity index (χ2n) is 7.10. The van der Waals surface area contributed by atoms with Crippen molar-refractivity contribution in [1.29, 1.82) is 0 Å². The average Bonchev–Trinajstić information content (AvgIpc) is 3.09. The number of hydrogen-bond acceptors (Lipinski definition) is 2. The van der Waals surface area contributed by atoms with Crippen LogP contribution in [0.15, 0.2) is 18.2 Å². The Kier molecular flexibility index (Phi) is 4.82. The van der Waals surface area contributed by atoms with Crippen molar-refractivity contribution in [3.05, 3.63) is 34.9 Å². The van der Waals surface area contributed by atoms with Gasteiger partial charge in [-0.05, 0) is 51.6 Å². The lowest BCUT2D eigenvalue weighted by Crippen LogP contribution is -2.41. The SMILES string of the molecule is Cc1cc(C)cc(C2CCCN2CC(=O)NC2CCCC2)c1. The molecule has 3 rings (SSSR count). The van der Waals surface area contributed by atoms with E-state index < -0.39 is 0 Å². The molecule has 1 aliphatic heterocycles. The fourth-order valence-corrected chi connectivity index (χ4v) is 4.12. The van der Waals surface area contributed by atoms with Crippen LogP contribution in [-0.2, 0) is 4.79 Å². The molecule has 3 heteroatoms. The van der Waals surface area contributed by atoms with Crippen LogP contribution in [-0.4, -0.2) is 29.9 Å². The van der Waals surface area contributed by atoms with Gasteiger partial charge < -0.3 is 5.32 Å². The minimum Gasteiger partial charge on any atom is -0.352 e. The lowest BCUT2D eigenvalue weighted by atomic mass is 9.99. The maximum absolute atomic E-state index is 12.3. The molecule has 1 saturated carbocycles. The summed E-state index contributed by atoms with van der Waals surface area (Å²) in [5.41, 5.74) is 4.01. The molecule has 3 nitrogen and oxygen atoms in total. The van der Waals surface area contributed by atoms with E-state index in [4.69, 9.17) is 0 Å². The van der Waals surface area contributed by atoms with Crippen molar-refractivity contribution in [1.82, 2.24) is 10.2 Å². The highest BCUT2D eigenvalue weighted by Crippen LogP contribution is 2.32. The Balaban J connectivity index is 1.63. The normalized spacial score (nSPS) is 23.1. The Labute approximate surface area is 134 Å². The minimum atomic E-state index is 0.211. The fourth-order valence-electron chi connectivity index (χ4n) is 4.12. The average molecular weight is 300 g/mol. The zero-order valence-corrected chi connectivity index (χ0v) is 13.9. The molecule has 0 aromatic heterocycles. The molecule has 2 fully saturated rings. The first-order valence-electron chi connectivity index (χ1n) is 8.73. The molecular weight excluding hydrogens is 272 g/mol. The van der Waals surface area contributed by atoms with Crippen LogP contribution in [0.2, 0.25) is 0 Å². The lowest BCUT2D eigenvalue weighted by Gasteiger charge is -2.25. The van der Waals surface area contributed by atoms with E-state index in [1.165, 1.54) is 42.4 Å². The number of carbonyl (C=O) groups excluding carboxylic acids is 1. The maximum atomic E-state index is 12.3. The molecular formula is C19H28N2O. The number of rotatable bonds is 4. The van der Waals surface area contributed by atoms with E-state index in [-0.39, 0.29) is 5.91 Å². The highest BCUT2D eigenvalue weighted by molar-refractivity contribution is 5.78. The van der Waals surface area contributed by atoms with Crippen LogP contribution in [0.25, 0.3) is 0 Å². The number of likely N-dealkylation sites (tertiary alicyclic amines) is 1. The van der Waals surface area contributed by atoms with Gasteiger partial charge in [-0.15, -0.1) is 0 Å². The molecule has 1 aliphatic carbocycles. The van der Waals surface area contributed by atoms with E-state index in [9.17, 15) is 4.79 Å². The van der Waals surface area contributed by atoms with E-state index in [2.05, 4.69) is 42.3 Å². The molecule has 1 atom stereocenters. The summed E-state index contributed by atoms with van der Waals surface area (Å²) < 4.78 is 0. The van der Waals surface area contributed by atoms with Gasteiger partial charge in [0, 0.05) is 12.1 Å². The van der Waals surface area contributed by atoms with Crippen molar-refractivity contribution in [2.24, 2.45) is 0 Å². The Morgan fingerprint density at radius 1 is 1.09 bits per heavy atom. The van der Waals surface area contributed by atoms with Crippen LogP contribution >= 0.6 is 0 Å². The van der Waals surface area contributed by atoms with Gasteiger partial charge in [-0.1, -0.05) is 42.2 Å². The van der Waals surface area contributed by atoms with Crippen molar-refractivity contribution < 1.29 is 4.79 Å². The number of hydrogen-bond donors (Lipinski definition) is 1. The van der Waals surface area contributed by atoms with Crippen LogP contribution in [0.1, 0.15) is 61.3 Å². The largest absolute Gasteiger partial charge is 0.352 e. The standard InChI is InChI=1S/C19H28N2O/c1-14-10-15(2)12-16(11-14)18-8-5-9-21(18)13-19(22)20-17-6-3-4-7-17/h10-12,17-18H,3-9,13H2,1-2H3,(H,20,22). The summed E-state index contributed by atoms with van der Waals surface area (Å²) in [6.07, 6.45) is 7.20. The molecule has 1 heterocycles. The zero-order chi connectivity index (χ0) is 15.5. The molecule has 2 aliphatic rings. The molecule has 22 heavy (non-hydrogen) atoms. The third kappa shape index (κ3) is 3.70. The van der Waals surface area contributed by atoms with Crippen molar-refractivity contribution in [3.8, 4) is 0 Å². The van der Waals surface area contributed by atoms with E-state index in [0.29, 0.717) is 18.6 Å². The molecule has 0 spiro atoms. The second-order valence-corrected chi connectivity index (χ2v) is 7.10. The Morgan fingerprint density at radius 2 is 1.77 bits per heavy atom. The highest BCUT2D eigenvalue weighted by Gasteiger charge is 2.28. The van der Waals surface area contributed by atoms with Crippen LogP contribution in [0.4, 0.5) is 0 Å². The predicted molar refractivity (Wildman–Crippen MR) is 89.9 cm³/mol. The van der Waals surface area contributed by atoms with Crippen LogP contribution in [0.3, 0.4) is 0 Å². The van der Waals surface area contributed by atoms with Crippen LogP contribution in [0.5, 0.6) is 0 Å². The quantitative estimate of drug-likeness (QED) is 0.923. The van der Waals surface area contributed by atoms with E-state index in [0.717, 1.165) is 19.4 Å². The number of benzene rings is 1. The summed E-state index contributed by atoms with van der Waals surface area (Å²) in [5, 5.41) is 3.22. The van der Waals surface area contributed by atoms with Gasteiger partial charge >= 0.3 is 0 Å². The first kappa shape index (κ1) is 15.5. The fraction of sp³-hybridized carbons (Fsp3) is 0.632. The van der Waals surface area contributed by atoms with E-state index in [1.807, 2.05) is 0 Å². The van der Waals surface area contributed by atoms with Crippen molar-refractivity contribution in [2.45, 2.75) is 64.5 Å². The molecule has 1 unspecified atom stereocenters. The lowest BCUT2D eigenvalue weighted by molar-refractivity contribution is -0.123. The molecule has 1 amide bonds. The summed E-state index contributed by atoms with van der Waals surface area (Å²) in [7, 11) is 0. The first-order valence-corrected chi connectivity index (χ1v) is 8.73. The molecule has 120 valence electrons. The smallest absolute Gasteiger partial charge is 0.234 e. The Hall–Kier alpha value is -1.35. The number of amides is 1. The number of nitrogens with zero attached hydrogens (tertiary/aromatic N) is 1. The zero-order valence-electron chi connectivity index (χ0n) is 13.9. The molecule has 0 bridgehead atoms. The van der Waals surface area contributed by atoms with Gasteiger partial charge in [-0.25, -0.2) is 0 Å². The highest BCUT2D eigenvalue weighted by atomic mass is 16.2. The summed E-state index contributed by atoms with van der Waals surface area (Å²) in [5.74, 6) is 0.211. The third-order valence-corrected chi connectivity index (χ3v) is 5.06. The van der Waals surface area contributed by atoms with Gasteiger partial charge in [-0.2, -0.15) is 0 Å². The molecule has 1 saturated heterocycles. The maximum Gasteiger partial charge on any atom is 0.234 e. The number of aryl methyl sites for hydroxylation is 2. The summed E-state index contributed by atoms with van der Waals surface area (Å²) >= 11 is 0. The van der Waals surface area contributed by atoms with Crippen molar-refractivity contribution in [3.63, 3.8) is 0 Å². The van der Waals surface area contributed by atoms with Gasteiger partial charge in [0.2, 0.25) is 5.91 Å². The van der Waals surface area contributed by atoms with Gasteiger partial charge in [0.25, 0.3) is 0 Å². The summed E-state index contributed by atoms with van der Waals surface area (Å²) in [6.45, 7) is 5.90. The molecule has 1 aromatic rings. The topological polar surface area (TPSA) is 32.3 Å². The number of nitrogens with one attached hydrogen (secondary N) is 1. The van der Waals surface area contributed by atoms with E-state index in [1.54, 1.807) is 0 Å². The van der Waals surface area contributed by atoms with Crippen molar-refractivity contribution in [2.75, 3.05) is 13.1 Å². The van der Waals surface area contributed by atoms with Gasteiger partial charge in [0.15, 0.2) is 0 Å². The van der Waals surface area contributed by atoms with E-state index >= 15 is 0 Å². The molecule has 0 radical (unpaired) electrons. The number of carbonyl (C=O) groups is 1. The summed E-state index contributed by atoms with van der Waals surface area (Å²) in [6, 6.07) is 7.62. The first-order chi connectivity index (χ1) is 10.6. The van der Waals surface area contributed by atoms with Gasteiger partial charge in [0.1, 0.15) is 0 Å². The van der Waals surface area contributed by atoms with Crippen LogP contribution < -0.4 is 5.32 Å². The Bertz CT molecular complexity index is 514. The second kappa shape index (κ2) is 6.82. The van der Waals surface area contributed by atoms with Gasteiger partial charge in [0.05, 0.1) is 6.54 Å². The summed E-state index contributed by atoms with van der Waals surface area (Å²) in [4.78, 5) is 14.7. The third-order valence-electron chi connectivity index (χ3n) is 5.06. The monoisotopic (exact) mass is 300 g/mol. The Morgan fingerprint density at radius 3 is 2.45 bits per heavy atom. The molecule has 1 aromatic carbocycles.